The molecule has 2 heterocycles. The highest BCUT2D eigenvalue weighted by Crippen LogP contribution is 2.39. The van der Waals surface area contributed by atoms with Crippen LogP contribution in [-0.2, 0) is 4.74 Å². The molecule has 1 aliphatic rings. The summed E-state index contributed by atoms with van der Waals surface area (Å²) in [7, 11) is 0. The number of benzene rings is 1. The lowest BCUT2D eigenvalue weighted by Gasteiger charge is -2.17. The fraction of sp³-hybridized carbons (Fsp3) is 0.214. The average Bonchev–Trinajstić information content (AvgIpc) is 2.82. The number of aliphatic imine (C=N–C) groups is 1. The van der Waals surface area contributed by atoms with Crippen LogP contribution in [0, 0.1) is 0 Å². The lowest BCUT2D eigenvalue weighted by molar-refractivity contribution is 0.0921. The van der Waals surface area contributed by atoms with E-state index in [1.54, 1.807) is 11.3 Å². The maximum Gasteiger partial charge on any atom is 0.141 e. The molecule has 0 radical (unpaired) electrons. The lowest BCUT2D eigenvalue weighted by atomic mass is 10.0. The number of thiophene rings is 1. The molecular formula is C14H14N2OS. The normalized spacial score (nSPS) is 17.6. The van der Waals surface area contributed by atoms with Crippen LogP contribution in [0.1, 0.15) is 29.0 Å². The number of fused-ring (bicyclic) bond motifs is 2. The summed E-state index contributed by atoms with van der Waals surface area (Å²) in [5.41, 5.74) is 9.17. The van der Waals surface area contributed by atoms with E-state index in [1.165, 1.54) is 0 Å². The minimum atomic E-state index is -0.0720. The first-order chi connectivity index (χ1) is 8.81. The summed E-state index contributed by atoms with van der Waals surface area (Å²) < 4.78 is 5.90. The third-order valence-electron chi connectivity index (χ3n) is 3.00. The van der Waals surface area contributed by atoms with Gasteiger partial charge < -0.3 is 10.5 Å². The fourth-order valence-electron chi connectivity index (χ4n) is 2.24. The summed E-state index contributed by atoms with van der Waals surface area (Å²) in [5.74, 6) is 0.578. The van der Waals surface area contributed by atoms with Gasteiger partial charge in [0, 0.05) is 17.7 Å². The van der Waals surface area contributed by atoms with E-state index in [9.17, 15) is 0 Å². The van der Waals surface area contributed by atoms with Crippen LogP contribution < -0.4 is 5.73 Å². The highest BCUT2D eigenvalue weighted by molar-refractivity contribution is 7.12. The van der Waals surface area contributed by atoms with E-state index in [4.69, 9.17) is 10.5 Å². The van der Waals surface area contributed by atoms with Crippen molar-refractivity contribution in [2.75, 3.05) is 6.61 Å². The van der Waals surface area contributed by atoms with Crippen molar-refractivity contribution >= 4 is 22.9 Å². The summed E-state index contributed by atoms with van der Waals surface area (Å²) in [6, 6.07) is 10.1. The third kappa shape index (κ3) is 1.74. The molecule has 0 fully saturated rings. The summed E-state index contributed by atoms with van der Waals surface area (Å²) >= 11 is 1.61. The quantitative estimate of drug-likeness (QED) is 0.899. The molecule has 3 nitrogen and oxygen atoms in total. The van der Waals surface area contributed by atoms with Gasteiger partial charge in [-0.25, -0.2) is 4.99 Å². The Bertz CT molecular complexity index is 603. The maximum atomic E-state index is 6.07. The van der Waals surface area contributed by atoms with Gasteiger partial charge in [-0.2, -0.15) is 0 Å². The molecule has 0 saturated heterocycles. The van der Waals surface area contributed by atoms with E-state index >= 15 is 0 Å². The second-order valence-electron chi connectivity index (χ2n) is 4.10. The van der Waals surface area contributed by atoms with Crippen LogP contribution in [0.2, 0.25) is 0 Å². The Kier molecular flexibility index (Phi) is 2.89. The van der Waals surface area contributed by atoms with Crippen molar-refractivity contribution in [3.05, 3.63) is 51.7 Å². The predicted octanol–water partition coefficient (Wildman–Crippen LogP) is 3.22. The molecule has 1 aromatic carbocycles. The van der Waals surface area contributed by atoms with Gasteiger partial charge >= 0.3 is 0 Å². The first-order valence-corrected chi connectivity index (χ1v) is 6.81. The highest BCUT2D eigenvalue weighted by Gasteiger charge is 2.25. The first-order valence-electron chi connectivity index (χ1n) is 5.93. The van der Waals surface area contributed by atoms with E-state index in [0.717, 1.165) is 21.7 Å². The Morgan fingerprint density at radius 1 is 1.28 bits per heavy atom. The van der Waals surface area contributed by atoms with Crippen LogP contribution in [0.15, 0.2) is 40.7 Å². The van der Waals surface area contributed by atoms with Gasteiger partial charge in [-0.15, -0.1) is 11.3 Å². The largest absolute Gasteiger partial charge is 0.382 e. The van der Waals surface area contributed by atoms with Crippen LogP contribution >= 0.6 is 11.3 Å². The predicted molar refractivity (Wildman–Crippen MR) is 74.6 cm³/mol. The number of nitrogens with two attached hydrogens (primary N) is 1. The van der Waals surface area contributed by atoms with Gasteiger partial charge in [-0.05, 0) is 24.4 Å². The number of nitrogens with zero attached hydrogens (tertiary/aromatic N) is 1. The monoisotopic (exact) mass is 258 g/mol. The van der Waals surface area contributed by atoms with Gasteiger partial charge in [0.1, 0.15) is 11.9 Å². The van der Waals surface area contributed by atoms with Crippen LogP contribution in [-0.4, -0.2) is 12.4 Å². The molecule has 1 aliphatic heterocycles. The van der Waals surface area contributed by atoms with Crippen molar-refractivity contribution in [3.63, 3.8) is 0 Å². The Morgan fingerprint density at radius 2 is 2.11 bits per heavy atom. The molecule has 0 spiro atoms. The number of para-hydroxylation sites is 1. The standard InChI is InChI=1S/C14H14N2OS/c1-2-17-12-9-5-3-4-6-11(9)16-14(15)13-10(12)7-8-18-13/h3-8,12H,2H2,1H3,(H2,15,16). The number of hydrogen-bond acceptors (Lipinski definition) is 4. The zero-order chi connectivity index (χ0) is 12.5. The van der Waals surface area contributed by atoms with Crippen molar-refractivity contribution in [1.82, 2.24) is 0 Å². The van der Waals surface area contributed by atoms with Crippen LogP contribution in [0.5, 0.6) is 0 Å². The minimum Gasteiger partial charge on any atom is -0.382 e. The summed E-state index contributed by atoms with van der Waals surface area (Å²) in [4.78, 5) is 5.53. The molecule has 0 bridgehead atoms. The van der Waals surface area contributed by atoms with Gasteiger partial charge in [0.05, 0.1) is 10.6 Å². The maximum absolute atomic E-state index is 6.07. The molecule has 4 heteroatoms. The van der Waals surface area contributed by atoms with E-state index in [2.05, 4.69) is 17.1 Å². The number of amidine groups is 1. The lowest BCUT2D eigenvalue weighted by Crippen LogP contribution is -2.13. The number of rotatable bonds is 2. The molecular weight excluding hydrogens is 244 g/mol. The van der Waals surface area contributed by atoms with E-state index in [1.807, 2.05) is 30.5 Å². The van der Waals surface area contributed by atoms with Gasteiger partial charge in [-0.1, -0.05) is 18.2 Å². The van der Waals surface area contributed by atoms with Crippen LogP contribution in [0.25, 0.3) is 0 Å². The minimum absolute atomic E-state index is 0.0720. The van der Waals surface area contributed by atoms with Gasteiger partial charge in [0.25, 0.3) is 0 Å². The Hall–Kier alpha value is -1.65. The zero-order valence-electron chi connectivity index (χ0n) is 10.1. The SMILES string of the molecule is CCOC1c2ccccc2N=C(N)c2sccc21. The van der Waals surface area contributed by atoms with Crippen molar-refractivity contribution in [1.29, 1.82) is 0 Å². The molecule has 0 amide bonds. The molecule has 0 aliphatic carbocycles. The number of ether oxygens (including phenoxy) is 1. The van der Waals surface area contributed by atoms with Crippen molar-refractivity contribution < 1.29 is 4.74 Å². The van der Waals surface area contributed by atoms with Gasteiger partial charge in [0.15, 0.2) is 0 Å². The summed E-state index contributed by atoms with van der Waals surface area (Å²) in [5, 5.41) is 2.03. The molecule has 1 atom stereocenters. The van der Waals surface area contributed by atoms with Crippen molar-refractivity contribution in [2.45, 2.75) is 13.0 Å². The Morgan fingerprint density at radius 3 is 2.94 bits per heavy atom. The molecule has 92 valence electrons. The molecule has 0 saturated carbocycles. The van der Waals surface area contributed by atoms with Crippen molar-refractivity contribution in [2.24, 2.45) is 10.7 Å². The third-order valence-corrected chi connectivity index (χ3v) is 3.96. The smallest absolute Gasteiger partial charge is 0.141 e. The topological polar surface area (TPSA) is 47.6 Å². The Balaban J connectivity index is 2.23. The molecule has 2 aromatic rings. The van der Waals surface area contributed by atoms with Crippen LogP contribution in [0.3, 0.4) is 0 Å². The molecule has 18 heavy (non-hydrogen) atoms. The molecule has 1 unspecified atom stereocenters. The molecule has 1 aromatic heterocycles. The molecule has 3 rings (SSSR count). The highest BCUT2D eigenvalue weighted by atomic mass is 32.1. The second kappa shape index (κ2) is 4.55. The zero-order valence-corrected chi connectivity index (χ0v) is 10.9. The molecule has 2 N–H and O–H groups in total. The van der Waals surface area contributed by atoms with E-state index in [0.29, 0.717) is 12.4 Å². The van der Waals surface area contributed by atoms with Gasteiger partial charge in [-0.3, -0.25) is 0 Å². The van der Waals surface area contributed by atoms with Gasteiger partial charge in [0.2, 0.25) is 0 Å². The van der Waals surface area contributed by atoms with E-state index in [-0.39, 0.29) is 6.10 Å². The second-order valence-corrected chi connectivity index (χ2v) is 5.01. The summed E-state index contributed by atoms with van der Waals surface area (Å²) in [6.07, 6.45) is -0.0720. The number of hydrogen-bond donors (Lipinski definition) is 1. The first kappa shape index (κ1) is 11.4. The summed E-state index contributed by atoms with van der Waals surface area (Å²) in [6.45, 7) is 2.66. The average molecular weight is 258 g/mol. The van der Waals surface area contributed by atoms with Crippen LogP contribution in [0.4, 0.5) is 5.69 Å². The fourth-order valence-corrected chi connectivity index (χ4v) is 3.07. The Labute approximate surface area is 110 Å². The van der Waals surface area contributed by atoms with Crippen molar-refractivity contribution in [3.8, 4) is 0 Å². The van der Waals surface area contributed by atoms with E-state index < -0.39 is 0 Å².